The van der Waals surface area contributed by atoms with E-state index in [2.05, 4.69) is 10.3 Å². The van der Waals surface area contributed by atoms with Crippen LogP contribution in [0.2, 0.25) is 0 Å². The Balaban J connectivity index is 2.34. The highest BCUT2D eigenvalue weighted by molar-refractivity contribution is 7.89. The van der Waals surface area contributed by atoms with Crippen molar-refractivity contribution in [3.8, 4) is 5.88 Å². The molecule has 2 aromatic rings. The lowest BCUT2D eigenvalue weighted by molar-refractivity contribution is 0.102. The highest BCUT2D eigenvalue weighted by Crippen LogP contribution is 2.21. The third-order valence-corrected chi connectivity index (χ3v) is 4.43. The van der Waals surface area contributed by atoms with Gasteiger partial charge >= 0.3 is 0 Å². The van der Waals surface area contributed by atoms with Crippen molar-refractivity contribution in [3.63, 3.8) is 0 Å². The van der Waals surface area contributed by atoms with E-state index in [-0.39, 0.29) is 10.5 Å². The second kappa shape index (κ2) is 6.35. The number of sulfonamides is 1. The summed E-state index contributed by atoms with van der Waals surface area (Å²) in [6, 6.07) is 6.11. The number of benzene rings is 1. The van der Waals surface area contributed by atoms with Gasteiger partial charge in [0.05, 0.1) is 23.9 Å². The first-order chi connectivity index (χ1) is 10.7. The molecule has 8 heteroatoms. The number of aromatic nitrogens is 1. The molecule has 0 atom stereocenters. The topological polar surface area (TPSA) is 111 Å². The zero-order valence-corrected chi connectivity index (χ0v) is 13.8. The van der Waals surface area contributed by atoms with Crippen LogP contribution in [0.25, 0.3) is 0 Å². The van der Waals surface area contributed by atoms with Crippen LogP contribution in [0, 0.1) is 13.8 Å². The Kier molecular flexibility index (Phi) is 4.67. The van der Waals surface area contributed by atoms with Crippen LogP contribution in [0.3, 0.4) is 0 Å². The molecule has 23 heavy (non-hydrogen) atoms. The third kappa shape index (κ3) is 3.85. The number of hydrogen-bond acceptors (Lipinski definition) is 5. The monoisotopic (exact) mass is 335 g/mol. The van der Waals surface area contributed by atoms with Gasteiger partial charge in [-0.3, -0.25) is 4.79 Å². The largest absolute Gasteiger partial charge is 0.481 e. The minimum absolute atomic E-state index is 0.0597. The van der Waals surface area contributed by atoms with Gasteiger partial charge in [-0.15, -0.1) is 0 Å². The average molecular weight is 335 g/mol. The van der Waals surface area contributed by atoms with Crippen LogP contribution in [-0.2, 0) is 10.0 Å². The third-order valence-electron chi connectivity index (χ3n) is 3.39. The van der Waals surface area contributed by atoms with Crippen LogP contribution < -0.4 is 15.2 Å². The van der Waals surface area contributed by atoms with Crippen molar-refractivity contribution < 1.29 is 17.9 Å². The van der Waals surface area contributed by atoms with E-state index in [9.17, 15) is 13.2 Å². The van der Waals surface area contributed by atoms with E-state index in [0.29, 0.717) is 22.7 Å². The number of hydrogen-bond donors (Lipinski definition) is 2. The van der Waals surface area contributed by atoms with E-state index < -0.39 is 15.9 Å². The number of ether oxygens (including phenoxy) is 1. The summed E-state index contributed by atoms with van der Waals surface area (Å²) in [5.74, 6) is -0.0318. The molecule has 0 bridgehead atoms. The Hall–Kier alpha value is -2.45. The molecule has 1 heterocycles. The van der Waals surface area contributed by atoms with E-state index in [4.69, 9.17) is 9.88 Å². The second-order valence-corrected chi connectivity index (χ2v) is 6.53. The van der Waals surface area contributed by atoms with Gasteiger partial charge in [0.25, 0.3) is 5.91 Å². The summed E-state index contributed by atoms with van der Waals surface area (Å²) in [7, 11) is -2.41. The number of nitrogens with two attached hydrogens (primary N) is 1. The van der Waals surface area contributed by atoms with Crippen molar-refractivity contribution in [1.29, 1.82) is 0 Å². The van der Waals surface area contributed by atoms with E-state index >= 15 is 0 Å². The van der Waals surface area contributed by atoms with Crippen molar-refractivity contribution in [3.05, 3.63) is 47.2 Å². The molecule has 0 unspecified atom stereocenters. The van der Waals surface area contributed by atoms with Gasteiger partial charge in [0.15, 0.2) is 0 Å². The van der Waals surface area contributed by atoms with Gasteiger partial charge < -0.3 is 10.1 Å². The van der Waals surface area contributed by atoms with Crippen molar-refractivity contribution in [1.82, 2.24) is 4.98 Å². The number of nitrogens with one attached hydrogen (secondary N) is 1. The summed E-state index contributed by atoms with van der Waals surface area (Å²) in [6.45, 7) is 3.36. The van der Waals surface area contributed by atoms with E-state index in [0.717, 1.165) is 0 Å². The lowest BCUT2D eigenvalue weighted by Gasteiger charge is -2.11. The summed E-state index contributed by atoms with van der Waals surface area (Å²) < 4.78 is 28.2. The Morgan fingerprint density at radius 3 is 2.48 bits per heavy atom. The lowest BCUT2D eigenvalue weighted by Crippen LogP contribution is -2.18. The number of primary sulfonamides is 1. The molecule has 0 aliphatic carbocycles. The normalized spacial score (nSPS) is 11.1. The van der Waals surface area contributed by atoms with Gasteiger partial charge in [-0.2, -0.15) is 0 Å². The predicted octanol–water partition coefficient (Wildman–Crippen LogP) is 1.61. The molecule has 3 N–H and O–H groups in total. The summed E-state index contributed by atoms with van der Waals surface area (Å²) in [5, 5.41) is 7.84. The van der Waals surface area contributed by atoms with Gasteiger partial charge in [-0.05, 0) is 43.2 Å². The van der Waals surface area contributed by atoms with Crippen LogP contribution in [-0.4, -0.2) is 26.4 Å². The maximum Gasteiger partial charge on any atom is 0.255 e. The molecule has 1 aromatic carbocycles. The first-order valence-electron chi connectivity index (χ1n) is 6.68. The van der Waals surface area contributed by atoms with Crippen LogP contribution in [0.4, 0.5) is 5.69 Å². The molecule has 7 nitrogen and oxygen atoms in total. The molecule has 0 fully saturated rings. The predicted molar refractivity (Wildman–Crippen MR) is 86.0 cm³/mol. The number of carbonyl (C=O) groups is 1. The van der Waals surface area contributed by atoms with Crippen LogP contribution >= 0.6 is 0 Å². The molecule has 1 amide bonds. The molecule has 0 aliphatic heterocycles. The average Bonchev–Trinajstić information content (AvgIpc) is 2.49. The van der Waals surface area contributed by atoms with Gasteiger partial charge in [-0.1, -0.05) is 0 Å². The quantitative estimate of drug-likeness (QED) is 0.881. The summed E-state index contributed by atoms with van der Waals surface area (Å²) >= 11 is 0. The molecule has 0 spiro atoms. The van der Waals surface area contributed by atoms with Gasteiger partial charge in [0.1, 0.15) is 0 Å². The minimum Gasteiger partial charge on any atom is -0.481 e. The van der Waals surface area contributed by atoms with Gasteiger partial charge in [0.2, 0.25) is 15.9 Å². The number of rotatable bonds is 4. The standard InChI is InChI=1S/C15H17N3O4S/c1-9-6-11(7-13(10(9)2)23(16,20)21)15(19)18-12-4-5-14(22-3)17-8-12/h4-8H,1-3H3,(H,18,19)(H2,16,20,21). The molecule has 0 aliphatic rings. The highest BCUT2D eigenvalue weighted by atomic mass is 32.2. The fourth-order valence-corrected chi connectivity index (χ4v) is 2.91. The SMILES string of the molecule is COc1ccc(NC(=O)c2cc(C)c(C)c(S(N)(=O)=O)c2)cn1. The molecule has 1 aromatic heterocycles. The smallest absolute Gasteiger partial charge is 0.255 e. The number of pyridine rings is 1. The zero-order chi connectivity index (χ0) is 17.2. The Morgan fingerprint density at radius 1 is 1.26 bits per heavy atom. The van der Waals surface area contributed by atoms with E-state index in [1.54, 1.807) is 32.0 Å². The Labute approximate surface area is 134 Å². The maximum absolute atomic E-state index is 12.3. The van der Waals surface area contributed by atoms with Crippen molar-refractivity contribution >= 4 is 21.6 Å². The molecular formula is C15H17N3O4S. The van der Waals surface area contributed by atoms with Crippen LogP contribution in [0.5, 0.6) is 5.88 Å². The maximum atomic E-state index is 12.3. The number of amides is 1. The van der Waals surface area contributed by atoms with Crippen LogP contribution in [0.15, 0.2) is 35.4 Å². The van der Waals surface area contributed by atoms with Gasteiger partial charge in [0, 0.05) is 11.6 Å². The van der Waals surface area contributed by atoms with Crippen molar-refractivity contribution in [2.24, 2.45) is 5.14 Å². The fraction of sp³-hybridized carbons (Fsp3) is 0.200. The minimum atomic E-state index is -3.90. The number of anilines is 1. The highest BCUT2D eigenvalue weighted by Gasteiger charge is 2.17. The molecule has 0 radical (unpaired) electrons. The first-order valence-corrected chi connectivity index (χ1v) is 8.22. The van der Waals surface area contributed by atoms with Crippen LogP contribution in [0.1, 0.15) is 21.5 Å². The number of nitrogens with zero attached hydrogens (tertiary/aromatic N) is 1. The lowest BCUT2D eigenvalue weighted by atomic mass is 10.1. The van der Waals surface area contributed by atoms with E-state index in [1.807, 2.05) is 0 Å². The van der Waals surface area contributed by atoms with Crippen molar-refractivity contribution in [2.75, 3.05) is 12.4 Å². The fourth-order valence-electron chi connectivity index (χ4n) is 2.03. The molecule has 2 rings (SSSR count). The summed E-state index contributed by atoms with van der Waals surface area (Å²) in [4.78, 5) is 16.2. The number of carbonyl (C=O) groups excluding carboxylic acids is 1. The molecule has 0 saturated carbocycles. The number of methoxy groups -OCH3 is 1. The first kappa shape index (κ1) is 16.9. The summed E-state index contributed by atoms with van der Waals surface area (Å²) in [5.41, 5.74) is 1.85. The summed E-state index contributed by atoms with van der Waals surface area (Å²) in [6.07, 6.45) is 1.44. The Morgan fingerprint density at radius 2 is 1.96 bits per heavy atom. The molecule has 0 saturated heterocycles. The second-order valence-electron chi connectivity index (χ2n) is 5.00. The molecular weight excluding hydrogens is 318 g/mol. The zero-order valence-electron chi connectivity index (χ0n) is 13.0. The molecule has 122 valence electrons. The van der Waals surface area contributed by atoms with Gasteiger partial charge in [-0.25, -0.2) is 18.5 Å². The number of aryl methyl sites for hydroxylation is 1. The Bertz CT molecular complexity index is 846. The van der Waals surface area contributed by atoms with E-state index in [1.165, 1.54) is 19.4 Å². The van der Waals surface area contributed by atoms with Crippen molar-refractivity contribution in [2.45, 2.75) is 18.7 Å².